The van der Waals surface area contributed by atoms with Gasteiger partial charge in [0, 0.05) is 11.6 Å². The summed E-state index contributed by atoms with van der Waals surface area (Å²) in [7, 11) is 0. The summed E-state index contributed by atoms with van der Waals surface area (Å²) in [4.78, 5) is 11.6. The molecule has 0 saturated carbocycles. The summed E-state index contributed by atoms with van der Waals surface area (Å²) in [5, 5.41) is 2.89. The molecule has 0 saturated heterocycles. The SMILES string of the molecule is C=CC[C@H](C)NC(=O)c1ccccc1. The second kappa shape index (κ2) is 5.22. The van der Waals surface area contributed by atoms with Gasteiger partial charge in [-0.05, 0) is 25.5 Å². The molecule has 0 aliphatic rings. The first-order valence-electron chi connectivity index (χ1n) is 4.71. The van der Waals surface area contributed by atoms with E-state index in [1.165, 1.54) is 0 Å². The van der Waals surface area contributed by atoms with Crippen molar-refractivity contribution in [1.82, 2.24) is 5.32 Å². The van der Waals surface area contributed by atoms with Gasteiger partial charge in [0.2, 0.25) is 0 Å². The van der Waals surface area contributed by atoms with Gasteiger partial charge in [0.15, 0.2) is 0 Å². The van der Waals surface area contributed by atoms with Crippen molar-refractivity contribution in [2.45, 2.75) is 19.4 Å². The Kier molecular flexibility index (Phi) is 3.92. The standard InChI is InChI=1S/C12H15NO/c1-3-7-10(2)13-12(14)11-8-5-4-6-9-11/h3-6,8-10H,1,7H2,2H3,(H,13,14)/t10-/m0/s1. The lowest BCUT2D eigenvalue weighted by atomic mass is 10.2. The molecule has 0 aromatic heterocycles. The number of rotatable bonds is 4. The molecule has 2 heteroatoms. The van der Waals surface area contributed by atoms with Crippen LogP contribution in [0.4, 0.5) is 0 Å². The van der Waals surface area contributed by atoms with E-state index in [0.29, 0.717) is 5.56 Å². The molecule has 0 fully saturated rings. The average molecular weight is 189 g/mol. The number of benzene rings is 1. The minimum absolute atomic E-state index is 0.0278. The topological polar surface area (TPSA) is 29.1 Å². The predicted octanol–water partition coefficient (Wildman–Crippen LogP) is 2.38. The Morgan fingerprint density at radius 3 is 2.71 bits per heavy atom. The van der Waals surface area contributed by atoms with Crippen LogP contribution in [0, 0.1) is 0 Å². The van der Waals surface area contributed by atoms with Gasteiger partial charge < -0.3 is 5.32 Å². The van der Waals surface area contributed by atoms with Crippen LogP contribution in [-0.2, 0) is 0 Å². The monoisotopic (exact) mass is 189 g/mol. The van der Waals surface area contributed by atoms with Crippen molar-refractivity contribution in [3.05, 3.63) is 48.6 Å². The molecule has 1 atom stereocenters. The van der Waals surface area contributed by atoms with Crippen molar-refractivity contribution in [2.24, 2.45) is 0 Å². The van der Waals surface area contributed by atoms with Crippen molar-refractivity contribution < 1.29 is 4.79 Å². The Morgan fingerprint density at radius 1 is 1.50 bits per heavy atom. The molecular formula is C12H15NO. The zero-order valence-corrected chi connectivity index (χ0v) is 8.36. The van der Waals surface area contributed by atoms with Crippen molar-refractivity contribution in [1.29, 1.82) is 0 Å². The summed E-state index contributed by atoms with van der Waals surface area (Å²) in [6, 6.07) is 9.34. The molecule has 2 nitrogen and oxygen atoms in total. The minimum atomic E-state index is -0.0278. The van der Waals surface area contributed by atoms with Crippen LogP contribution in [0.15, 0.2) is 43.0 Å². The molecule has 1 aromatic carbocycles. The van der Waals surface area contributed by atoms with E-state index in [2.05, 4.69) is 11.9 Å². The van der Waals surface area contributed by atoms with Gasteiger partial charge in [-0.15, -0.1) is 6.58 Å². The molecule has 0 unspecified atom stereocenters. The van der Waals surface area contributed by atoms with E-state index in [1.54, 1.807) is 18.2 Å². The van der Waals surface area contributed by atoms with Crippen LogP contribution < -0.4 is 5.32 Å². The van der Waals surface area contributed by atoms with Gasteiger partial charge in [-0.3, -0.25) is 4.79 Å². The number of hydrogen-bond donors (Lipinski definition) is 1. The van der Waals surface area contributed by atoms with E-state index in [-0.39, 0.29) is 11.9 Å². The van der Waals surface area contributed by atoms with E-state index in [9.17, 15) is 4.79 Å². The van der Waals surface area contributed by atoms with Crippen LogP contribution in [0.1, 0.15) is 23.7 Å². The van der Waals surface area contributed by atoms with E-state index in [0.717, 1.165) is 6.42 Å². The maximum atomic E-state index is 11.6. The fraction of sp³-hybridized carbons (Fsp3) is 0.250. The van der Waals surface area contributed by atoms with Crippen LogP contribution in [0.2, 0.25) is 0 Å². The number of carbonyl (C=O) groups is 1. The van der Waals surface area contributed by atoms with Crippen molar-refractivity contribution >= 4 is 5.91 Å². The van der Waals surface area contributed by atoms with Gasteiger partial charge in [0.25, 0.3) is 5.91 Å². The van der Waals surface area contributed by atoms with E-state index in [4.69, 9.17) is 0 Å². The number of hydrogen-bond acceptors (Lipinski definition) is 1. The van der Waals surface area contributed by atoms with Gasteiger partial charge >= 0.3 is 0 Å². The van der Waals surface area contributed by atoms with Crippen LogP contribution >= 0.6 is 0 Å². The maximum Gasteiger partial charge on any atom is 0.251 e. The molecule has 1 amide bonds. The van der Waals surface area contributed by atoms with Crippen LogP contribution in [-0.4, -0.2) is 11.9 Å². The first kappa shape index (κ1) is 10.5. The maximum absolute atomic E-state index is 11.6. The lowest BCUT2D eigenvalue weighted by Gasteiger charge is -2.11. The molecule has 0 bridgehead atoms. The summed E-state index contributed by atoms with van der Waals surface area (Å²) >= 11 is 0. The highest BCUT2D eigenvalue weighted by Crippen LogP contribution is 2.00. The smallest absolute Gasteiger partial charge is 0.251 e. The molecule has 0 spiro atoms. The lowest BCUT2D eigenvalue weighted by Crippen LogP contribution is -2.31. The summed E-state index contributed by atoms with van der Waals surface area (Å²) in [5.74, 6) is -0.0278. The average Bonchev–Trinajstić information content (AvgIpc) is 2.19. The Balaban J connectivity index is 2.55. The van der Waals surface area contributed by atoms with Crippen LogP contribution in [0.3, 0.4) is 0 Å². The Labute approximate surface area is 84.6 Å². The molecule has 1 rings (SSSR count). The van der Waals surface area contributed by atoms with Crippen LogP contribution in [0.25, 0.3) is 0 Å². The molecule has 0 aliphatic heterocycles. The van der Waals surface area contributed by atoms with Crippen molar-refractivity contribution in [3.8, 4) is 0 Å². The van der Waals surface area contributed by atoms with Gasteiger partial charge in [-0.2, -0.15) is 0 Å². The molecule has 0 aliphatic carbocycles. The zero-order chi connectivity index (χ0) is 10.4. The molecule has 0 radical (unpaired) electrons. The third kappa shape index (κ3) is 3.05. The number of amides is 1. The second-order valence-electron chi connectivity index (χ2n) is 3.26. The minimum Gasteiger partial charge on any atom is -0.349 e. The zero-order valence-electron chi connectivity index (χ0n) is 8.36. The predicted molar refractivity (Wildman–Crippen MR) is 58.2 cm³/mol. The molecule has 14 heavy (non-hydrogen) atoms. The quantitative estimate of drug-likeness (QED) is 0.724. The Hall–Kier alpha value is -1.57. The van der Waals surface area contributed by atoms with Gasteiger partial charge in [0.1, 0.15) is 0 Å². The third-order valence-corrected chi connectivity index (χ3v) is 1.93. The van der Waals surface area contributed by atoms with Crippen molar-refractivity contribution in [3.63, 3.8) is 0 Å². The van der Waals surface area contributed by atoms with Gasteiger partial charge in [-0.25, -0.2) is 0 Å². The second-order valence-corrected chi connectivity index (χ2v) is 3.26. The van der Waals surface area contributed by atoms with E-state index in [1.807, 2.05) is 25.1 Å². The largest absolute Gasteiger partial charge is 0.349 e. The Morgan fingerprint density at radius 2 is 2.14 bits per heavy atom. The first-order valence-corrected chi connectivity index (χ1v) is 4.71. The van der Waals surface area contributed by atoms with Crippen molar-refractivity contribution in [2.75, 3.05) is 0 Å². The third-order valence-electron chi connectivity index (χ3n) is 1.93. The Bertz CT molecular complexity index is 305. The molecule has 74 valence electrons. The van der Waals surface area contributed by atoms with Gasteiger partial charge in [-0.1, -0.05) is 24.3 Å². The summed E-state index contributed by atoms with van der Waals surface area (Å²) in [5.41, 5.74) is 0.698. The fourth-order valence-corrected chi connectivity index (χ4v) is 1.21. The highest BCUT2D eigenvalue weighted by molar-refractivity contribution is 5.94. The van der Waals surface area contributed by atoms with Crippen LogP contribution in [0.5, 0.6) is 0 Å². The molecule has 1 N–H and O–H groups in total. The molecule has 1 aromatic rings. The number of nitrogens with one attached hydrogen (secondary N) is 1. The first-order chi connectivity index (χ1) is 6.74. The highest BCUT2D eigenvalue weighted by atomic mass is 16.1. The van der Waals surface area contributed by atoms with Gasteiger partial charge in [0.05, 0.1) is 0 Å². The molecule has 0 heterocycles. The summed E-state index contributed by atoms with van der Waals surface area (Å²) in [6.07, 6.45) is 2.59. The lowest BCUT2D eigenvalue weighted by molar-refractivity contribution is 0.0940. The summed E-state index contributed by atoms with van der Waals surface area (Å²) in [6.45, 7) is 5.59. The normalized spacial score (nSPS) is 11.8. The van der Waals surface area contributed by atoms with E-state index >= 15 is 0 Å². The fourth-order valence-electron chi connectivity index (χ4n) is 1.21. The summed E-state index contributed by atoms with van der Waals surface area (Å²) < 4.78 is 0. The van der Waals surface area contributed by atoms with E-state index < -0.39 is 0 Å². The molecular weight excluding hydrogens is 174 g/mol. The number of carbonyl (C=O) groups excluding carboxylic acids is 1. The highest BCUT2D eigenvalue weighted by Gasteiger charge is 2.06.